The van der Waals surface area contributed by atoms with Crippen LogP contribution in [0.1, 0.15) is 36.8 Å². The van der Waals surface area contributed by atoms with Gasteiger partial charge in [0.15, 0.2) is 0 Å². The van der Waals surface area contributed by atoms with E-state index in [0.29, 0.717) is 0 Å². The fourth-order valence-electron chi connectivity index (χ4n) is 3.50. The molecule has 4 aromatic rings. The predicted octanol–water partition coefficient (Wildman–Crippen LogP) is 5.56. The Morgan fingerprint density at radius 2 is 1.06 bits per heavy atom. The average molecular weight is 446 g/mol. The second-order valence-corrected chi connectivity index (χ2v) is 7.89. The van der Waals surface area contributed by atoms with E-state index in [0.717, 1.165) is 32.7 Å². The lowest BCUT2D eigenvalue weighted by molar-refractivity contribution is -0.142. The van der Waals surface area contributed by atoms with Crippen molar-refractivity contribution >= 4 is 33.5 Å². The third-order valence-corrected chi connectivity index (χ3v) is 5.62. The minimum atomic E-state index is -0.835. The highest BCUT2D eigenvalue weighted by atomic mass is 16.5. The van der Waals surface area contributed by atoms with Crippen molar-refractivity contribution in [2.24, 2.45) is 0 Å². The molecule has 2 atom stereocenters. The van der Waals surface area contributed by atoms with Crippen LogP contribution in [0.5, 0.6) is 11.5 Å². The molecule has 170 valence electrons. The van der Waals surface area contributed by atoms with E-state index in [1.54, 1.807) is 43.3 Å². The average Bonchev–Trinajstić information content (AvgIpc) is 2.82. The van der Waals surface area contributed by atoms with Gasteiger partial charge in [-0.25, -0.2) is 0 Å². The molecule has 4 aromatic carbocycles. The van der Waals surface area contributed by atoms with Crippen LogP contribution >= 0.6 is 0 Å². The summed E-state index contributed by atoms with van der Waals surface area (Å²) in [5.74, 6) is -1.42. The Balaban J connectivity index is 0.000000186. The lowest BCUT2D eigenvalue weighted by atomic mass is 9.98. The maximum Gasteiger partial charge on any atom is 0.312 e. The number of aliphatic carboxylic acids is 1. The number of benzene rings is 4. The summed E-state index contributed by atoms with van der Waals surface area (Å²) in [6.07, 6.45) is 0. The number of rotatable bonds is 4. The van der Waals surface area contributed by atoms with Crippen LogP contribution in [-0.4, -0.2) is 34.4 Å². The van der Waals surface area contributed by atoms with E-state index in [-0.39, 0.29) is 23.4 Å². The zero-order valence-corrected chi connectivity index (χ0v) is 18.6. The maximum absolute atomic E-state index is 11.4. The molecule has 2 unspecified atom stereocenters. The van der Waals surface area contributed by atoms with Crippen molar-refractivity contribution in [1.29, 1.82) is 0 Å². The zero-order valence-electron chi connectivity index (χ0n) is 18.6. The fourth-order valence-corrected chi connectivity index (χ4v) is 3.50. The number of hydrogen-bond donors (Lipinski definition) is 3. The van der Waals surface area contributed by atoms with Crippen molar-refractivity contribution < 1.29 is 29.6 Å². The molecule has 0 amide bonds. The number of ether oxygens (including phenoxy) is 1. The van der Waals surface area contributed by atoms with E-state index >= 15 is 0 Å². The first kappa shape index (κ1) is 23.6. The molecule has 4 rings (SSSR count). The number of esters is 1. The maximum atomic E-state index is 11.4. The molecule has 0 radical (unpaired) electrons. The molecular formula is C27H26O6. The van der Waals surface area contributed by atoms with Crippen LogP contribution in [0.3, 0.4) is 0 Å². The van der Waals surface area contributed by atoms with E-state index in [9.17, 15) is 19.8 Å². The number of methoxy groups -OCH3 is 1. The molecule has 0 heterocycles. The van der Waals surface area contributed by atoms with Gasteiger partial charge in [-0.2, -0.15) is 0 Å². The molecule has 0 spiro atoms. The van der Waals surface area contributed by atoms with Gasteiger partial charge in [-0.05, 0) is 70.8 Å². The summed E-state index contributed by atoms with van der Waals surface area (Å²) in [5.41, 5.74) is 1.68. The van der Waals surface area contributed by atoms with Crippen LogP contribution in [0.25, 0.3) is 21.5 Å². The fraction of sp³-hybridized carbons (Fsp3) is 0.185. The smallest absolute Gasteiger partial charge is 0.312 e. The second kappa shape index (κ2) is 10.0. The number of phenolic OH excluding ortho intramolecular Hbond substituents is 2. The lowest BCUT2D eigenvalue weighted by Crippen LogP contribution is -2.10. The third kappa shape index (κ3) is 5.60. The summed E-state index contributed by atoms with van der Waals surface area (Å²) in [5, 5.41) is 31.4. The van der Waals surface area contributed by atoms with Crippen molar-refractivity contribution in [3.63, 3.8) is 0 Å². The number of phenols is 2. The number of carboxylic acid groups (broad SMARTS) is 1. The van der Waals surface area contributed by atoms with Crippen molar-refractivity contribution in [3.05, 3.63) is 83.9 Å². The molecule has 0 saturated heterocycles. The van der Waals surface area contributed by atoms with E-state index in [1.165, 1.54) is 7.11 Å². The summed E-state index contributed by atoms with van der Waals surface area (Å²) in [4.78, 5) is 22.3. The van der Waals surface area contributed by atoms with Crippen LogP contribution in [-0.2, 0) is 14.3 Å². The summed E-state index contributed by atoms with van der Waals surface area (Å²) < 4.78 is 4.72. The Morgan fingerprint density at radius 3 is 1.48 bits per heavy atom. The monoisotopic (exact) mass is 446 g/mol. The van der Waals surface area contributed by atoms with Crippen molar-refractivity contribution in [2.75, 3.05) is 7.11 Å². The number of aromatic hydroxyl groups is 2. The van der Waals surface area contributed by atoms with Crippen molar-refractivity contribution in [2.45, 2.75) is 25.7 Å². The number of carbonyl (C=O) groups is 2. The van der Waals surface area contributed by atoms with Gasteiger partial charge in [0.1, 0.15) is 11.5 Å². The molecule has 0 aromatic heterocycles. The molecule has 6 heteroatoms. The van der Waals surface area contributed by atoms with Gasteiger partial charge in [0.05, 0.1) is 18.9 Å². The standard InChI is InChI=1S/C14H14O3.C13H12O3/c1-9(14(16)17-2)10-3-4-12-8-13(15)6-5-11(12)7-10;1-8(13(15)16)9-2-3-11-7-12(14)5-4-10(11)6-9/h3-9,15H,1-2H3;2-8,14H,1H3,(H,15,16). The summed E-state index contributed by atoms with van der Waals surface area (Å²) in [6.45, 7) is 3.47. The van der Waals surface area contributed by atoms with Crippen molar-refractivity contribution in [3.8, 4) is 11.5 Å². The molecule has 0 fully saturated rings. The highest BCUT2D eigenvalue weighted by Crippen LogP contribution is 2.26. The Morgan fingerprint density at radius 1 is 0.667 bits per heavy atom. The number of hydrogen-bond acceptors (Lipinski definition) is 5. The molecule has 0 aliphatic carbocycles. The van der Waals surface area contributed by atoms with E-state index in [2.05, 4.69) is 0 Å². The van der Waals surface area contributed by atoms with Crippen LogP contribution in [0, 0.1) is 0 Å². The predicted molar refractivity (Wildman–Crippen MR) is 128 cm³/mol. The molecule has 33 heavy (non-hydrogen) atoms. The lowest BCUT2D eigenvalue weighted by Gasteiger charge is -2.10. The van der Waals surface area contributed by atoms with Gasteiger partial charge in [0.2, 0.25) is 0 Å². The van der Waals surface area contributed by atoms with Gasteiger partial charge in [0, 0.05) is 0 Å². The Labute approximate surface area is 191 Å². The third-order valence-electron chi connectivity index (χ3n) is 5.62. The molecule has 0 aliphatic rings. The van der Waals surface area contributed by atoms with Crippen LogP contribution < -0.4 is 0 Å². The SMILES string of the molecule is CC(C(=O)O)c1ccc2cc(O)ccc2c1.COC(=O)C(C)c1ccc2cc(O)ccc2c1. The summed E-state index contributed by atoms with van der Waals surface area (Å²) >= 11 is 0. The van der Waals surface area contributed by atoms with Gasteiger partial charge >= 0.3 is 11.9 Å². The molecule has 0 saturated carbocycles. The molecule has 0 aliphatic heterocycles. The van der Waals surface area contributed by atoms with Crippen LogP contribution in [0.15, 0.2) is 72.8 Å². The topological polar surface area (TPSA) is 104 Å². The minimum absolute atomic E-state index is 0.214. The summed E-state index contributed by atoms with van der Waals surface area (Å²) in [6, 6.07) is 21.3. The first-order valence-corrected chi connectivity index (χ1v) is 10.5. The number of carboxylic acids is 1. The Kier molecular flexibility index (Phi) is 7.18. The quantitative estimate of drug-likeness (QED) is 0.355. The second-order valence-electron chi connectivity index (χ2n) is 7.89. The van der Waals surface area contributed by atoms with Crippen LogP contribution in [0.2, 0.25) is 0 Å². The Hall–Kier alpha value is -4.06. The minimum Gasteiger partial charge on any atom is -0.508 e. The first-order valence-electron chi connectivity index (χ1n) is 10.5. The molecule has 3 N–H and O–H groups in total. The first-order chi connectivity index (χ1) is 15.7. The molecular weight excluding hydrogens is 420 g/mol. The van der Waals surface area contributed by atoms with E-state index < -0.39 is 11.9 Å². The van der Waals surface area contributed by atoms with Gasteiger partial charge in [-0.3, -0.25) is 9.59 Å². The van der Waals surface area contributed by atoms with E-state index in [1.807, 2.05) is 43.3 Å². The number of carbonyl (C=O) groups excluding carboxylic acids is 1. The van der Waals surface area contributed by atoms with Crippen LogP contribution in [0.4, 0.5) is 0 Å². The highest BCUT2D eigenvalue weighted by Gasteiger charge is 2.16. The van der Waals surface area contributed by atoms with Crippen molar-refractivity contribution in [1.82, 2.24) is 0 Å². The molecule has 0 bridgehead atoms. The number of fused-ring (bicyclic) bond motifs is 2. The van der Waals surface area contributed by atoms with Gasteiger partial charge in [0.25, 0.3) is 0 Å². The van der Waals surface area contributed by atoms with Gasteiger partial charge < -0.3 is 20.1 Å². The molecule has 6 nitrogen and oxygen atoms in total. The normalized spacial score (nSPS) is 12.5. The highest BCUT2D eigenvalue weighted by molar-refractivity contribution is 5.87. The van der Waals surface area contributed by atoms with E-state index in [4.69, 9.17) is 9.84 Å². The summed E-state index contributed by atoms with van der Waals surface area (Å²) in [7, 11) is 1.39. The van der Waals surface area contributed by atoms with Gasteiger partial charge in [-0.15, -0.1) is 0 Å². The largest absolute Gasteiger partial charge is 0.508 e. The zero-order chi connectivity index (χ0) is 24.1. The Bertz CT molecular complexity index is 1310. The van der Waals surface area contributed by atoms with Gasteiger partial charge in [-0.1, -0.05) is 48.5 Å².